The minimum absolute atomic E-state index is 0.316. The lowest BCUT2D eigenvalue weighted by Crippen LogP contribution is -2.35. The Morgan fingerprint density at radius 1 is 0.864 bits per heavy atom. The second-order valence-electron chi connectivity index (χ2n) is 4.93. The average Bonchev–Trinajstić information content (AvgIpc) is 2.60. The van der Waals surface area contributed by atoms with Crippen LogP contribution in [0.4, 0.5) is 0 Å². The summed E-state index contributed by atoms with van der Waals surface area (Å²) in [7, 11) is 0. The van der Waals surface area contributed by atoms with Crippen molar-refractivity contribution in [3.05, 3.63) is 83.2 Å². The van der Waals surface area contributed by atoms with E-state index in [1.54, 1.807) is 0 Å². The maximum Gasteiger partial charge on any atom is 0.237 e. The van der Waals surface area contributed by atoms with Crippen molar-refractivity contribution < 1.29 is 9.47 Å². The summed E-state index contributed by atoms with van der Waals surface area (Å²) in [6.45, 7) is 10.3. The SMILES string of the molecule is [C-]#[N+]CCOC(OCCC)(c1ccccc1)c1ccccc1. The van der Waals surface area contributed by atoms with Crippen LogP contribution in [0.1, 0.15) is 24.5 Å². The fourth-order valence-corrected chi connectivity index (χ4v) is 2.34. The van der Waals surface area contributed by atoms with Gasteiger partial charge in [-0.05, 0) is 6.42 Å². The maximum atomic E-state index is 6.96. The summed E-state index contributed by atoms with van der Waals surface area (Å²) in [4.78, 5) is 3.38. The lowest BCUT2D eigenvalue weighted by molar-refractivity contribution is -0.215. The van der Waals surface area contributed by atoms with Gasteiger partial charge in [0.25, 0.3) is 0 Å². The molecule has 0 unspecified atom stereocenters. The van der Waals surface area contributed by atoms with Crippen LogP contribution in [0.3, 0.4) is 0 Å². The molecule has 3 heteroatoms. The van der Waals surface area contributed by atoms with Crippen molar-refractivity contribution in [3.63, 3.8) is 0 Å². The molecule has 0 aliphatic rings. The highest BCUT2D eigenvalue weighted by molar-refractivity contribution is 5.33. The second kappa shape index (κ2) is 8.33. The third kappa shape index (κ3) is 3.73. The molecule has 0 N–H and O–H groups in total. The number of hydrogen-bond donors (Lipinski definition) is 0. The molecule has 0 saturated carbocycles. The predicted octanol–water partition coefficient (Wildman–Crippen LogP) is 4.25. The Morgan fingerprint density at radius 2 is 1.36 bits per heavy atom. The minimum atomic E-state index is -0.955. The zero-order valence-electron chi connectivity index (χ0n) is 12.9. The first-order valence-corrected chi connectivity index (χ1v) is 7.55. The molecule has 2 aromatic carbocycles. The third-order valence-corrected chi connectivity index (χ3v) is 3.33. The van der Waals surface area contributed by atoms with E-state index in [0.29, 0.717) is 19.8 Å². The zero-order chi connectivity index (χ0) is 15.7. The van der Waals surface area contributed by atoms with Gasteiger partial charge in [-0.1, -0.05) is 67.6 Å². The van der Waals surface area contributed by atoms with Crippen LogP contribution in [0.25, 0.3) is 4.85 Å². The van der Waals surface area contributed by atoms with Gasteiger partial charge in [-0.25, -0.2) is 6.57 Å². The molecule has 0 saturated heterocycles. The van der Waals surface area contributed by atoms with E-state index < -0.39 is 5.79 Å². The van der Waals surface area contributed by atoms with Crippen LogP contribution in [0, 0.1) is 6.57 Å². The summed E-state index contributed by atoms with van der Waals surface area (Å²) in [5.74, 6) is -0.955. The van der Waals surface area contributed by atoms with E-state index in [2.05, 4.69) is 11.8 Å². The van der Waals surface area contributed by atoms with E-state index >= 15 is 0 Å². The Morgan fingerprint density at radius 3 is 1.82 bits per heavy atom. The van der Waals surface area contributed by atoms with Gasteiger partial charge in [0.05, 0.1) is 6.61 Å². The average molecular weight is 295 g/mol. The van der Waals surface area contributed by atoms with Gasteiger partial charge in [0.1, 0.15) is 6.61 Å². The van der Waals surface area contributed by atoms with E-state index in [-0.39, 0.29) is 0 Å². The number of nitrogens with zero attached hydrogens (tertiary/aromatic N) is 1. The molecule has 0 aliphatic carbocycles. The van der Waals surface area contributed by atoms with Gasteiger partial charge in [-0.2, -0.15) is 0 Å². The van der Waals surface area contributed by atoms with E-state index in [0.717, 1.165) is 17.5 Å². The summed E-state index contributed by atoms with van der Waals surface area (Å²) in [5, 5.41) is 0. The molecule has 0 bridgehead atoms. The summed E-state index contributed by atoms with van der Waals surface area (Å²) in [5.41, 5.74) is 1.89. The minimum Gasteiger partial charge on any atom is -0.342 e. The maximum absolute atomic E-state index is 6.96. The molecule has 2 rings (SSSR count). The van der Waals surface area contributed by atoms with Crippen molar-refractivity contribution >= 4 is 0 Å². The lowest BCUT2D eigenvalue weighted by atomic mass is 9.97. The molecule has 0 fully saturated rings. The van der Waals surface area contributed by atoms with Crippen molar-refractivity contribution in [1.82, 2.24) is 0 Å². The molecule has 0 aromatic heterocycles. The zero-order valence-corrected chi connectivity index (χ0v) is 12.9. The number of ether oxygens (including phenoxy) is 2. The third-order valence-electron chi connectivity index (χ3n) is 3.33. The van der Waals surface area contributed by atoms with E-state index in [9.17, 15) is 0 Å². The predicted molar refractivity (Wildman–Crippen MR) is 87.3 cm³/mol. The van der Waals surface area contributed by atoms with Gasteiger partial charge >= 0.3 is 0 Å². The molecule has 2 aromatic rings. The first-order valence-electron chi connectivity index (χ1n) is 7.55. The molecule has 0 aliphatic heterocycles. The Labute approximate surface area is 132 Å². The fraction of sp³-hybridized carbons (Fsp3) is 0.316. The van der Waals surface area contributed by atoms with Crippen LogP contribution < -0.4 is 0 Å². The highest BCUT2D eigenvalue weighted by atomic mass is 16.7. The van der Waals surface area contributed by atoms with E-state index in [1.807, 2.05) is 60.7 Å². The topological polar surface area (TPSA) is 22.8 Å². The lowest BCUT2D eigenvalue weighted by Gasteiger charge is -2.34. The molecule has 22 heavy (non-hydrogen) atoms. The van der Waals surface area contributed by atoms with E-state index in [4.69, 9.17) is 16.0 Å². The highest BCUT2D eigenvalue weighted by Crippen LogP contribution is 2.35. The standard InChI is InChI=1S/C19H21NO2/c1-3-15-21-19(22-16-14-20-2,17-10-6-4-7-11-17)18-12-8-5-9-13-18/h4-13H,3,14-16H2,1H3. The molecule has 0 radical (unpaired) electrons. The van der Waals surface area contributed by atoms with Crippen LogP contribution in [-0.4, -0.2) is 19.8 Å². The number of rotatable bonds is 8. The van der Waals surface area contributed by atoms with Crippen LogP contribution in [0.5, 0.6) is 0 Å². The number of hydrogen-bond acceptors (Lipinski definition) is 2. The molecule has 3 nitrogen and oxygen atoms in total. The quantitative estimate of drug-likeness (QED) is 0.413. The van der Waals surface area contributed by atoms with Crippen molar-refractivity contribution in [2.24, 2.45) is 0 Å². The van der Waals surface area contributed by atoms with Gasteiger partial charge in [0, 0.05) is 11.1 Å². The summed E-state index contributed by atoms with van der Waals surface area (Å²) in [6.07, 6.45) is 0.896. The van der Waals surface area contributed by atoms with Crippen molar-refractivity contribution in [1.29, 1.82) is 0 Å². The van der Waals surface area contributed by atoms with Crippen molar-refractivity contribution in [2.75, 3.05) is 19.8 Å². The fourth-order valence-electron chi connectivity index (χ4n) is 2.34. The van der Waals surface area contributed by atoms with Gasteiger partial charge < -0.3 is 14.3 Å². The molecular formula is C19H21NO2. The summed E-state index contributed by atoms with van der Waals surface area (Å²) in [6, 6.07) is 19.8. The molecule has 0 heterocycles. The molecular weight excluding hydrogens is 274 g/mol. The van der Waals surface area contributed by atoms with Gasteiger partial charge in [-0.15, -0.1) is 0 Å². The molecule has 114 valence electrons. The highest BCUT2D eigenvalue weighted by Gasteiger charge is 2.36. The van der Waals surface area contributed by atoms with Gasteiger partial charge in [0.2, 0.25) is 12.3 Å². The van der Waals surface area contributed by atoms with Crippen LogP contribution in [0.15, 0.2) is 60.7 Å². The Bertz CT molecular complexity index is 550. The van der Waals surface area contributed by atoms with Crippen molar-refractivity contribution in [3.8, 4) is 0 Å². The van der Waals surface area contributed by atoms with Gasteiger partial charge in [-0.3, -0.25) is 0 Å². The Balaban J connectivity index is 2.45. The van der Waals surface area contributed by atoms with Crippen LogP contribution in [0.2, 0.25) is 0 Å². The Hall–Kier alpha value is -2.15. The smallest absolute Gasteiger partial charge is 0.237 e. The largest absolute Gasteiger partial charge is 0.342 e. The normalized spacial score (nSPS) is 11.1. The second-order valence-corrected chi connectivity index (χ2v) is 4.93. The number of benzene rings is 2. The van der Waals surface area contributed by atoms with Crippen LogP contribution in [-0.2, 0) is 15.3 Å². The van der Waals surface area contributed by atoms with Crippen LogP contribution >= 0.6 is 0 Å². The summed E-state index contributed by atoms with van der Waals surface area (Å²) >= 11 is 0. The van der Waals surface area contributed by atoms with E-state index in [1.165, 1.54) is 0 Å². The molecule has 0 spiro atoms. The molecule has 0 amide bonds. The Kier molecular flexibility index (Phi) is 6.14. The van der Waals surface area contributed by atoms with Crippen molar-refractivity contribution in [2.45, 2.75) is 19.1 Å². The van der Waals surface area contributed by atoms with Gasteiger partial charge in [0.15, 0.2) is 0 Å². The summed E-state index contributed by atoms with van der Waals surface area (Å²) < 4.78 is 12.3. The monoisotopic (exact) mass is 295 g/mol. The first kappa shape index (κ1) is 16.2. The first-order chi connectivity index (χ1) is 10.8. The molecule has 0 atom stereocenters.